The van der Waals surface area contributed by atoms with Gasteiger partial charge in [0.25, 0.3) is 0 Å². The maximum Gasteiger partial charge on any atom is -0.00861 e. The average molecular weight is 158 g/mol. The van der Waals surface area contributed by atoms with Crippen molar-refractivity contribution < 1.29 is 0 Å². The molecular weight excluding hydrogens is 144 g/mol. The monoisotopic (exact) mass is 158 g/mol. The Kier molecular flexibility index (Phi) is 1.76. The largest absolute Gasteiger partial charge is 0.0801 e. The van der Waals surface area contributed by atoms with Crippen molar-refractivity contribution in [3.05, 3.63) is 46.6 Å². The Labute approximate surface area is 74.0 Å². The van der Waals surface area contributed by atoms with Gasteiger partial charge in [-0.05, 0) is 43.4 Å². The van der Waals surface area contributed by atoms with Crippen molar-refractivity contribution in [1.29, 1.82) is 0 Å². The van der Waals surface area contributed by atoms with Crippen LogP contribution in [0.5, 0.6) is 0 Å². The SMILES string of the molecule is CC1=CCC(C2=CC=CC2)=C1C. The zero-order chi connectivity index (χ0) is 8.55. The number of rotatable bonds is 1. The molecule has 2 rings (SSSR count). The van der Waals surface area contributed by atoms with Gasteiger partial charge < -0.3 is 0 Å². The lowest BCUT2D eigenvalue weighted by atomic mass is 10.0. The van der Waals surface area contributed by atoms with Gasteiger partial charge in [0.15, 0.2) is 0 Å². The van der Waals surface area contributed by atoms with Crippen molar-refractivity contribution in [2.75, 3.05) is 0 Å². The van der Waals surface area contributed by atoms with Crippen LogP contribution in [-0.4, -0.2) is 0 Å². The van der Waals surface area contributed by atoms with E-state index in [4.69, 9.17) is 0 Å². The van der Waals surface area contributed by atoms with Crippen molar-refractivity contribution in [2.45, 2.75) is 26.7 Å². The molecule has 0 fully saturated rings. The van der Waals surface area contributed by atoms with E-state index in [0.717, 1.165) is 12.8 Å². The third kappa shape index (κ3) is 1.08. The number of allylic oxidation sites excluding steroid dienone is 8. The van der Waals surface area contributed by atoms with E-state index in [-0.39, 0.29) is 0 Å². The van der Waals surface area contributed by atoms with Crippen molar-refractivity contribution in [3.63, 3.8) is 0 Å². The summed E-state index contributed by atoms with van der Waals surface area (Å²) in [6.07, 6.45) is 11.2. The van der Waals surface area contributed by atoms with Crippen LogP contribution in [0.1, 0.15) is 26.7 Å². The summed E-state index contributed by atoms with van der Waals surface area (Å²) in [7, 11) is 0. The molecule has 0 heterocycles. The van der Waals surface area contributed by atoms with E-state index in [1.54, 1.807) is 5.57 Å². The zero-order valence-electron chi connectivity index (χ0n) is 7.72. The summed E-state index contributed by atoms with van der Waals surface area (Å²) in [6.45, 7) is 4.43. The predicted molar refractivity (Wildman–Crippen MR) is 52.9 cm³/mol. The van der Waals surface area contributed by atoms with Crippen LogP contribution in [0.4, 0.5) is 0 Å². The first kappa shape index (κ1) is 7.60. The molecule has 62 valence electrons. The molecule has 0 nitrogen and oxygen atoms in total. The molecule has 0 heteroatoms. The Morgan fingerprint density at radius 1 is 1.17 bits per heavy atom. The average Bonchev–Trinajstić information content (AvgIpc) is 2.64. The summed E-state index contributed by atoms with van der Waals surface area (Å²) >= 11 is 0. The Balaban J connectivity index is 2.28. The lowest BCUT2D eigenvalue weighted by Crippen LogP contribution is -1.86. The quantitative estimate of drug-likeness (QED) is 0.547. The maximum atomic E-state index is 2.32. The summed E-state index contributed by atoms with van der Waals surface area (Å²) in [6, 6.07) is 0. The third-order valence-corrected chi connectivity index (χ3v) is 2.82. The fourth-order valence-corrected chi connectivity index (χ4v) is 1.84. The van der Waals surface area contributed by atoms with Crippen molar-refractivity contribution in [2.24, 2.45) is 0 Å². The van der Waals surface area contributed by atoms with Crippen LogP contribution in [0.25, 0.3) is 0 Å². The lowest BCUT2D eigenvalue weighted by Gasteiger charge is -2.05. The minimum atomic E-state index is 1.13. The van der Waals surface area contributed by atoms with Gasteiger partial charge >= 0.3 is 0 Å². The van der Waals surface area contributed by atoms with E-state index in [0.29, 0.717) is 0 Å². The van der Waals surface area contributed by atoms with E-state index in [1.165, 1.54) is 16.7 Å². The molecule has 2 aliphatic carbocycles. The first-order valence-electron chi connectivity index (χ1n) is 4.52. The van der Waals surface area contributed by atoms with Crippen LogP contribution in [0.15, 0.2) is 46.6 Å². The van der Waals surface area contributed by atoms with Crippen LogP contribution < -0.4 is 0 Å². The fraction of sp³-hybridized carbons (Fsp3) is 0.333. The number of hydrogen-bond acceptors (Lipinski definition) is 0. The van der Waals surface area contributed by atoms with Crippen molar-refractivity contribution in [1.82, 2.24) is 0 Å². The molecule has 0 aromatic carbocycles. The lowest BCUT2D eigenvalue weighted by molar-refractivity contribution is 1.16. The molecule has 0 aromatic heterocycles. The van der Waals surface area contributed by atoms with E-state index < -0.39 is 0 Å². The van der Waals surface area contributed by atoms with Crippen LogP contribution >= 0.6 is 0 Å². The predicted octanol–water partition coefficient (Wildman–Crippen LogP) is 3.54. The van der Waals surface area contributed by atoms with Gasteiger partial charge in [0.2, 0.25) is 0 Å². The second-order valence-corrected chi connectivity index (χ2v) is 3.52. The molecule has 0 aliphatic heterocycles. The van der Waals surface area contributed by atoms with E-state index >= 15 is 0 Å². The van der Waals surface area contributed by atoms with Gasteiger partial charge in [0.05, 0.1) is 0 Å². The van der Waals surface area contributed by atoms with Gasteiger partial charge in [0, 0.05) is 0 Å². The topological polar surface area (TPSA) is 0 Å². The molecule has 2 aliphatic rings. The summed E-state index contributed by atoms with van der Waals surface area (Å²) in [4.78, 5) is 0. The highest BCUT2D eigenvalue weighted by atomic mass is 14.2. The molecule has 0 N–H and O–H groups in total. The normalized spacial score (nSPS) is 21.8. The van der Waals surface area contributed by atoms with Gasteiger partial charge in [-0.15, -0.1) is 0 Å². The molecule has 0 radical (unpaired) electrons. The molecular formula is C12H14. The highest BCUT2D eigenvalue weighted by Crippen LogP contribution is 2.33. The van der Waals surface area contributed by atoms with Crippen LogP contribution in [0.2, 0.25) is 0 Å². The van der Waals surface area contributed by atoms with Gasteiger partial charge in [-0.25, -0.2) is 0 Å². The fourth-order valence-electron chi connectivity index (χ4n) is 1.84. The minimum absolute atomic E-state index is 1.13. The Hall–Kier alpha value is -1.04. The zero-order valence-corrected chi connectivity index (χ0v) is 7.72. The molecule has 0 saturated heterocycles. The Morgan fingerprint density at radius 2 is 2.00 bits per heavy atom. The first-order valence-corrected chi connectivity index (χ1v) is 4.52. The first-order chi connectivity index (χ1) is 5.79. The minimum Gasteiger partial charge on any atom is -0.0801 e. The van der Waals surface area contributed by atoms with Gasteiger partial charge in [-0.3, -0.25) is 0 Å². The van der Waals surface area contributed by atoms with E-state index in [1.807, 2.05) is 0 Å². The highest BCUT2D eigenvalue weighted by Gasteiger charge is 2.14. The summed E-state index contributed by atoms with van der Waals surface area (Å²) < 4.78 is 0. The summed E-state index contributed by atoms with van der Waals surface area (Å²) in [5.74, 6) is 0. The molecule has 0 amide bonds. The van der Waals surface area contributed by atoms with Gasteiger partial charge in [-0.1, -0.05) is 29.9 Å². The van der Waals surface area contributed by atoms with Gasteiger partial charge in [0.1, 0.15) is 0 Å². The van der Waals surface area contributed by atoms with Crippen LogP contribution in [0, 0.1) is 0 Å². The maximum absolute atomic E-state index is 2.32. The molecule has 0 spiro atoms. The van der Waals surface area contributed by atoms with Crippen LogP contribution in [0.3, 0.4) is 0 Å². The second kappa shape index (κ2) is 2.78. The highest BCUT2D eigenvalue weighted by molar-refractivity contribution is 5.52. The Bertz CT molecular complexity index is 322. The molecule has 0 bridgehead atoms. The summed E-state index contributed by atoms with van der Waals surface area (Å²) in [5.41, 5.74) is 6.01. The Morgan fingerprint density at radius 3 is 2.50 bits per heavy atom. The van der Waals surface area contributed by atoms with Crippen LogP contribution in [-0.2, 0) is 0 Å². The number of hydrogen-bond donors (Lipinski definition) is 0. The summed E-state index contributed by atoms with van der Waals surface area (Å²) in [5, 5.41) is 0. The molecule has 0 saturated carbocycles. The standard InChI is InChI=1S/C12H14/c1-9-7-8-12(10(9)2)11-5-3-4-6-11/h3-5,7H,6,8H2,1-2H3. The molecule has 0 unspecified atom stereocenters. The molecule has 12 heavy (non-hydrogen) atoms. The van der Waals surface area contributed by atoms with E-state index in [9.17, 15) is 0 Å². The molecule has 0 atom stereocenters. The van der Waals surface area contributed by atoms with E-state index in [2.05, 4.69) is 38.2 Å². The molecule has 0 aromatic rings. The van der Waals surface area contributed by atoms with Crippen molar-refractivity contribution in [3.8, 4) is 0 Å². The second-order valence-electron chi connectivity index (χ2n) is 3.52. The van der Waals surface area contributed by atoms with Gasteiger partial charge in [-0.2, -0.15) is 0 Å². The smallest absolute Gasteiger partial charge is 0.00861 e. The van der Waals surface area contributed by atoms with Crippen molar-refractivity contribution >= 4 is 0 Å². The third-order valence-electron chi connectivity index (χ3n) is 2.82.